The largest absolute Gasteiger partial charge is 0.384 e. The van der Waals surface area contributed by atoms with Crippen LogP contribution in [0.3, 0.4) is 0 Å². The molecule has 0 aliphatic heterocycles. The molecule has 4 heteroatoms. The van der Waals surface area contributed by atoms with Gasteiger partial charge in [0.2, 0.25) is 0 Å². The predicted octanol–water partition coefficient (Wildman–Crippen LogP) is 0.981. The zero-order valence-corrected chi connectivity index (χ0v) is 8.27. The predicted molar refractivity (Wildman–Crippen MR) is 55.5 cm³/mol. The molecule has 0 rings (SSSR count). The van der Waals surface area contributed by atoms with Crippen LogP contribution < -0.4 is 0 Å². The molecule has 0 aliphatic rings. The van der Waals surface area contributed by atoms with Gasteiger partial charge in [0, 0.05) is 0 Å². The van der Waals surface area contributed by atoms with Crippen molar-refractivity contribution in [1.82, 2.24) is 0 Å². The van der Waals surface area contributed by atoms with Gasteiger partial charge < -0.3 is 15.3 Å². The van der Waals surface area contributed by atoms with Crippen molar-refractivity contribution >= 4 is 7.92 Å². The molecule has 0 heterocycles. The minimum Gasteiger partial charge on any atom is -0.384 e. The van der Waals surface area contributed by atoms with Crippen molar-refractivity contribution in [2.45, 2.75) is 17.5 Å². The molecule has 0 saturated heterocycles. The van der Waals surface area contributed by atoms with Gasteiger partial charge in [0.15, 0.2) is 0 Å². The average Bonchev–Trinajstić information content (AvgIpc) is 2.16. The molecule has 0 fully saturated rings. The Balaban J connectivity index is 4.61. The van der Waals surface area contributed by atoms with Gasteiger partial charge in [-0.15, -0.1) is 19.7 Å². The zero-order chi connectivity index (χ0) is 10.4. The molecule has 0 saturated carbocycles. The molecule has 74 valence electrons. The number of rotatable bonds is 6. The van der Waals surface area contributed by atoms with Crippen LogP contribution in [0.1, 0.15) is 0 Å². The Hall–Kier alpha value is -0.470. The smallest absolute Gasteiger partial charge is 0.0963 e. The summed E-state index contributed by atoms with van der Waals surface area (Å²) in [5.74, 6) is -2.76. The monoisotopic (exact) mass is 202 g/mol. The van der Waals surface area contributed by atoms with Crippen molar-refractivity contribution in [2.75, 3.05) is 0 Å². The summed E-state index contributed by atoms with van der Waals surface area (Å²) in [6.45, 7) is 10.2. The van der Waals surface area contributed by atoms with Gasteiger partial charge in [-0.3, -0.25) is 0 Å². The molecule has 13 heavy (non-hydrogen) atoms. The van der Waals surface area contributed by atoms with Gasteiger partial charge in [-0.25, -0.2) is 0 Å². The van der Waals surface area contributed by atoms with E-state index in [1.54, 1.807) is 0 Å². The van der Waals surface area contributed by atoms with E-state index in [0.717, 1.165) is 0 Å². The van der Waals surface area contributed by atoms with E-state index < -0.39 is 25.5 Å². The Bertz CT molecular complexity index is 160. The zero-order valence-electron chi connectivity index (χ0n) is 7.37. The van der Waals surface area contributed by atoms with Gasteiger partial charge in [0.05, 0.1) is 17.5 Å². The van der Waals surface area contributed by atoms with E-state index in [1.807, 2.05) is 0 Å². The Morgan fingerprint density at radius 1 is 0.769 bits per heavy atom. The fourth-order valence-corrected chi connectivity index (χ4v) is 2.50. The minimum atomic E-state index is -1.43. The molecule has 0 bridgehead atoms. The summed E-state index contributed by atoms with van der Waals surface area (Å²) in [6.07, 6.45) is 3.85. The van der Waals surface area contributed by atoms with Crippen LogP contribution in [0.25, 0.3) is 0 Å². The molecule has 0 aromatic heterocycles. The normalized spacial score (nSPS) is 19.6. The second-order valence-corrected chi connectivity index (χ2v) is 4.88. The molecular weight excluding hydrogens is 187 g/mol. The molecule has 3 nitrogen and oxygen atoms in total. The van der Waals surface area contributed by atoms with Crippen molar-refractivity contribution in [1.29, 1.82) is 0 Å². The highest BCUT2D eigenvalue weighted by Gasteiger charge is 2.27. The Morgan fingerprint density at radius 2 is 1.00 bits per heavy atom. The first kappa shape index (κ1) is 12.5. The van der Waals surface area contributed by atoms with E-state index in [9.17, 15) is 15.3 Å². The van der Waals surface area contributed by atoms with Crippen molar-refractivity contribution in [3.63, 3.8) is 0 Å². The number of aliphatic hydroxyl groups excluding tert-OH is 3. The summed E-state index contributed by atoms with van der Waals surface area (Å²) in [5, 5.41) is 28.2. The first-order valence-corrected chi connectivity index (χ1v) is 5.32. The van der Waals surface area contributed by atoms with Crippen LogP contribution in [0, 0.1) is 0 Å². The molecular formula is C9H15O3P. The highest BCUT2D eigenvalue weighted by Crippen LogP contribution is 2.49. The van der Waals surface area contributed by atoms with Gasteiger partial charge in [-0.05, 0) is 7.92 Å². The third-order valence-electron chi connectivity index (χ3n) is 1.55. The molecule has 3 N–H and O–H groups in total. The molecule has 0 amide bonds. The molecule has 3 atom stereocenters. The summed E-state index contributed by atoms with van der Waals surface area (Å²) in [7, 11) is -1.43. The summed E-state index contributed by atoms with van der Waals surface area (Å²) >= 11 is 0. The molecule has 0 aromatic rings. The second kappa shape index (κ2) is 6.06. The van der Waals surface area contributed by atoms with Crippen molar-refractivity contribution in [3.8, 4) is 0 Å². The van der Waals surface area contributed by atoms with E-state index in [1.165, 1.54) is 18.2 Å². The topological polar surface area (TPSA) is 60.7 Å². The molecule has 0 aliphatic carbocycles. The van der Waals surface area contributed by atoms with Gasteiger partial charge in [-0.1, -0.05) is 18.2 Å². The number of hydrogen-bond acceptors (Lipinski definition) is 3. The second-order valence-electron chi connectivity index (χ2n) is 2.40. The average molecular weight is 202 g/mol. The lowest BCUT2D eigenvalue weighted by Gasteiger charge is -2.27. The van der Waals surface area contributed by atoms with E-state index in [2.05, 4.69) is 19.7 Å². The van der Waals surface area contributed by atoms with Crippen LogP contribution in [0.15, 0.2) is 38.0 Å². The lowest BCUT2D eigenvalue weighted by Crippen LogP contribution is -2.19. The highest BCUT2D eigenvalue weighted by molar-refractivity contribution is 7.59. The van der Waals surface area contributed by atoms with Crippen molar-refractivity contribution in [2.24, 2.45) is 0 Å². The summed E-state index contributed by atoms with van der Waals surface area (Å²) in [5.41, 5.74) is 0. The fraction of sp³-hybridized carbons (Fsp3) is 0.333. The SMILES string of the molecule is C=CC(O)P(C(O)C=C)C(O)C=C. The number of aliphatic hydroxyl groups is 3. The van der Waals surface area contributed by atoms with Gasteiger partial charge >= 0.3 is 0 Å². The first-order valence-electron chi connectivity index (χ1n) is 3.77. The minimum absolute atomic E-state index is 0.920. The lowest BCUT2D eigenvalue weighted by molar-refractivity contribution is 0.243. The first-order chi connectivity index (χ1) is 6.08. The van der Waals surface area contributed by atoms with Crippen LogP contribution in [0.2, 0.25) is 0 Å². The fourth-order valence-electron chi connectivity index (χ4n) is 0.835. The maximum Gasteiger partial charge on any atom is 0.0963 e. The number of hydrogen-bond donors (Lipinski definition) is 3. The highest BCUT2D eigenvalue weighted by atomic mass is 31.1. The third-order valence-corrected chi connectivity index (χ3v) is 4.01. The van der Waals surface area contributed by atoms with Crippen LogP contribution in [-0.2, 0) is 0 Å². The van der Waals surface area contributed by atoms with Crippen LogP contribution in [-0.4, -0.2) is 32.9 Å². The third kappa shape index (κ3) is 3.41. The summed E-state index contributed by atoms with van der Waals surface area (Å²) < 4.78 is 0. The van der Waals surface area contributed by atoms with Gasteiger partial charge in [-0.2, -0.15) is 0 Å². The van der Waals surface area contributed by atoms with E-state index in [0.29, 0.717) is 0 Å². The Kier molecular flexibility index (Phi) is 5.84. The van der Waals surface area contributed by atoms with Crippen LogP contribution >= 0.6 is 7.92 Å². The Morgan fingerprint density at radius 3 is 1.15 bits per heavy atom. The van der Waals surface area contributed by atoms with Gasteiger partial charge in [0.1, 0.15) is 0 Å². The Labute approximate surface area is 79.5 Å². The molecule has 0 spiro atoms. The quantitative estimate of drug-likeness (QED) is 0.444. The molecule has 0 aromatic carbocycles. The van der Waals surface area contributed by atoms with Crippen LogP contribution in [0.4, 0.5) is 0 Å². The summed E-state index contributed by atoms with van der Waals surface area (Å²) in [6, 6.07) is 0. The maximum absolute atomic E-state index is 9.42. The van der Waals surface area contributed by atoms with Crippen molar-refractivity contribution in [3.05, 3.63) is 38.0 Å². The van der Waals surface area contributed by atoms with E-state index in [-0.39, 0.29) is 0 Å². The van der Waals surface area contributed by atoms with E-state index >= 15 is 0 Å². The van der Waals surface area contributed by atoms with Crippen LogP contribution in [0.5, 0.6) is 0 Å². The lowest BCUT2D eigenvalue weighted by atomic mass is 10.7. The van der Waals surface area contributed by atoms with Gasteiger partial charge in [0.25, 0.3) is 0 Å². The molecule has 3 unspecified atom stereocenters. The maximum atomic E-state index is 9.42. The molecule has 0 radical (unpaired) electrons. The van der Waals surface area contributed by atoms with E-state index in [4.69, 9.17) is 0 Å². The standard InChI is InChI=1S/C9H15O3P/c1-4-7(10)13(8(11)5-2)9(12)6-3/h4-12H,1-3H2. The summed E-state index contributed by atoms with van der Waals surface area (Å²) in [4.78, 5) is 0. The van der Waals surface area contributed by atoms with Crippen molar-refractivity contribution < 1.29 is 15.3 Å².